The third kappa shape index (κ3) is 2.55. The number of pyridine rings is 1. The van der Waals surface area contributed by atoms with Crippen LogP contribution in [0.2, 0.25) is 0 Å². The number of rotatable bonds is 3. The van der Waals surface area contributed by atoms with Gasteiger partial charge < -0.3 is 16.2 Å². The maximum absolute atomic E-state index is 12.5. The number of Topliss-reactive ketones (excluding diaryl/α,β-unsaturated/α-hetero) is 1. The van der Waals surface area contributed by atoms with E-state index in [-0.39, 0.29) is 11.5 Å². The van der Waals surface area contributed by atoms with Gasteiger partial charge in [-0.3, -0.25) is 4.79 Å². The molecule has 114 valence electrons. The summed E-state index contributed by atoms with van der Waals surface area (Å²) in [4.78, 5) is 21.4. The van der Waals surface area contributed by atoms with Gasteiger partial charge in [0.25, 0.3) is 0 Å². The van der Waals surface area contributed by atoms with E-state index >= 15 is 0 Å². The molecule has 0 spiro atoms. The van der Waals surface area contributed by atoms with Crippen LogP contribution in [0.3, 0.4) is 0 Å². The minimum atomic E-state index is -0.191. The molecule has 1 aliphatic rings. The van der Waals surface area contributed by atoms with Crippen LogP contribution in [0.5, 0.6) is 0 Å². The summed E-state index contributed by atoms with van der Waals surface area (Å²) < 4.78 is 0. The van der Waals surface area contributed by atoms with Gasteiger partial charge >= 0.3 is 0 Å². The molecule has 0 unspecified atom stereocenters. The van der Waals surface area contributed by atoms with Crippen LogP contribution < -0.4 is 11.1 Å². The van der Waals surface area contributed by atoms with Crippen LogP contribution in [0.15, 0.2) is 23.9 Å². The number of ketones is 1. The summed E-state index contributed by atoms with van der Waals surface area (Å²) in [7, 11) is 0. The summed E-state index contributed by atoms with van der Waals surface area (Å²) in [6.45, 7) is 2.75. The van der Waals surface area contributed by atoms with Gasteiger partial charge in [0.15, 0.2) is 5.13 Å². The highest BCUT2D eigenvalue weighted by Gasteiger charge is 2.28. The Morgan fingerprint density at radius 3 is 2.95 bits per heavy atom. The van der Waals surface area contributed by atoms with E-state index in [2.05, 4.69) is 15.3 Å². The van der Waals surface area contributed by atoms with Crippen LogP contribution in [0.4, 0.5) is 10.9 Å². The largest absolute Gasteiger partial charge is 0.507 e. The molecule has 0 radical (unpaired) electrons. The Kier molecular flexibility index (Phi) is 3.81. The number of aliphatic hydroxyl groups excluding tert-OH is 1. The first-order chi connectivity index (χ1) is 10.6. The molecule has 7 heteroatoms. The normalized spacial score (nSPS) is 16.3. The number of fused-ring (bicyclic) bond motifs is 1. The number of carbonyl (C=O) groups is 1. The number of aromatic nitrogens is 2. The zero-order valence-corrected chi connectivity index (χ0v) is 12.9. The number of nitrogen functional groups attached to an aromatic ring is 1. The van der Waals surface area contributed by atoms with Crippen molar-refractivity contribution < 1.29 is 9.90 Å². The molecule has 0 atom stereocenters. The SMILES string of the molecule is CCNc1ccc(/C(O)=C2\CCc3nc(N)sc3C2=O)cn1. The molecule has 3 rings (SSSR count). The molecule has 6 nitrogen and oxygen atoms in total. The van der Waals surface area contributed by atoms with Gasteiger partial charge in [0.05, 0.1) is 10.6 Å². The number of nitrogens with one attached hydrogen (secondary N) is 1. The number of aryl methyl sites for hydroxylation is 1. The Labute approximate surface area is 131 Å². The van der Waals surface area contributed by atoms with E-state index in [4.69, 9.17) is 5.73 Å². The third-order valence-corrected chi connectivity index (χ3v) is 4.41. The van der Waals surface area contributed by atoms with Crippen molar-refractivity contribution in [2.75, 3.05) is 17.6 Å². The van der Waals surface area contributed by atoms with Crippen molar-refractivity contribution in [2.24, 2.45) is 0 Å². The van der Waals surface area contributed by atoms with Crippen molar-refractivity contribution in [1.82, 2.24) is 9.97 Å². The van der Waals surface area contributed by atoms with E-state index in [0.29, 0.717) is 34.0 Å². The fourth-order valence-electron chi connectivity index (χ4n) is 2.43. The number of allylic oxidation sites excluding steroid dienone is 1. The summed E-state index contributed by atoms with van der Waals surface area (Å²) in [6.07, 6.45) is 2.62. The number of nitrogens with two attached hydrogens (primary N) is 1. The summed E-state index contributed by atoms with van der Waals surface area (Å²) in [5.41, 5.74) is 7.32. The molecule has 2 aromatic heterocycles. The zero-order valence-electron chi connectivity index (χ0n) is 12.1. The summed E-state index contributed by atoms with van der Waals surface area (Å²) in [5.74, 6) is 0.526. The maximum Gasteiger partial charge on any atom is 0.204 e. The van der Waals surface area contributed by atoms with Gasteiger partial charge in [-0.2, -0.15) is 0 Å². The molecule has 0 aliphatic heterocycles. The highest BCUT2D eigenvalue weighted by Crippen LogP contribution is 2.33. The number of carbonyl (C=O) groups excluding carboxylic acids is 1. The van der Waals surface area contributed by atoms with E-state index < -0.39 is 0 Å². The molecule has 0 amide bonds. The van der Waals surface area contributed by atoms with Gasteiger partial charge in [0, 0.05) is 23.9 Å². The standard InChI is InChI=1S/C15H16N4O2S/c1-2-17-11-6-3-8(7-18-11)12(20)9-4-5-10-14(13(9)21)22-15(16)19-10/h3,6-7,20H,2,4-5H2,1H3,(H2,16,19)(H,17,18)/b12-9-. The monoisotopic (exact) mass is 316 g/mol. The van der Waals surface area contributed by atoms with Gasteiger partial charge in [-0.25, -0.2) is 9.97 Å². The van der Waals surface area contributed by atoms with Crippen LogP contribution in [0, 0.1) is 0 Å². The molecular formula is C15H16N4O2S. The first-order valence-corrected chi connectivity index (χ1v) is 7.84. The second-order valence-corrected chi connectivity index (χ2v) is 5.98. The average molecular weight is 316 g/mol. The fraction of sp³-hybridized carbons (Fsp3) is 0.267. The van der Waals surface area contributed by atoms with E-state index in [9.17, 15) is 9.90 Å². The summed E-state index contributed by atoms with van der Waals surface area (Å²) >= 11 is 1.17. The first kappa shape index (κ1) is 14.5. The second-order valence-electron chi connectivity index (χ2n) is 4.95. The molecule has 0 aromatic carbocycles. The lowest BCUT2D eigenvalue weighted by atomic mass is 9.93. The van der Waals surface area contributed by atoms with Gasteiger partial charge in [0.1, 0.15) is 11.6 Å². The highest BCUT2D eigenvalue weighted by molar-refractivity contribution is 7.17. The molecule has 2 heterocycles. The molecule has 0 saturated heterocycles. The van der Waals surface area contributed by atoms with Crippen molar-refractivity contribution in [2.45, 2.75) is 19.8 Å². The lowest BCUT2D eigenvalue weighted by molar-refractivity contribution is 0.102. The van der Waals surface area contributed by atoms with Gasteiger partial charge in [-0.15, -0.1) is 0 Å². The molecule has 2 aromatic rings. The number of hydrogen-bond acceptors (Lipinski definition) is 7. The summed E-state index contributed by atoms with van der Waals surface area (Å²) in [5, 5.41) is 13.9. The minimum Gasteiger partial charge on any atom is -0.507 e. The molecular weight excluding hydrogens is 300 g/mol. The van der Waals surface area contributed by atoms with E-state index in [0.717, 1.165) is 18.1 Å². The zero-order chi connectivity index (χ0) is 15.7. The number of anilines is 2. The first-order valence-electron chi connectivity index (χ1n) is 7.02. The predicted molar refractivity (Wildman–Crippen MR) is 87.1 cm³/mol. The average Bonchev–Trinajstić information content (AvgIpc) is 2.90. The third-order valence-electron chi connectivity index (χ3n) is 3.49. The number of aliphatic hydroxyl groups is 1. The number of hydrogen-bond donors (Lipinski definition) is 3. The van der Waals surface area contributed by atoms with Crippen molar-refractivity contribution >= 4 is 33.8 Å². The van der Waals surface area contributed by atoms with Crippen LogP contribution in [0.1, 0.15) is 34.3 Å². The fourth-order valence-corrected chi connectivity index (χ4v) is 3.28. The Hall–Kier alpha value is -2.41. The summed E-state index contributed by atoms with van der Waals surface area (Å²) in [6, 6.07) is 3.52. The Morgan fingerprint density at radius 2 is 2.27 bits per heavy atom. The Balaban J connectivity index is 1.94. The van der Waals surface area contributed by atoms with Gasteiger partial charge in [0.2, 0.25) is 5.78 Å². The lowest BCUT2D eigenvalue weighted by Gasteiger charge is -2.14. The maximum atomic E-state index is 12.5. The molecule has 0 bridgehead atoms. The quantitative estimate of drug-likeness (QED) is 0.594. The second kappa shape index (κ2) is 5.76. The molecule has 0 fully saturated rings. The van der Waals surface area contributed by atoms with Crippen molar-refractivity contribution in [3.63, 3.8) is 0 Å². The van der Waals surface area contributed by atoms with Gasteiger partial charge in [-0.05, 0) is 31.9 Å². The van der Waals surface area contributed by atoms with E-state index in [1.807, 2.05) is 6.92 Å². The van der Waals surface area contributed by atoms with Crippen molar-refractivity contribution in [3.8, 4) is 0 Å². The Morgan fingerprint density at radius 1 is 1.45 bits per heavy atom. The number of thiazole rings is 1. The Bertz CT molecular complexity index is 749. The molecule has 1 aliphatic carbocycles. The predicted octanol–water partition coefficient (Wildman–Crippen LogP) is 2.65. The highest BCUT2D eigenvalue weighted by atomic mass is 32.1. The van der Waals surface area contributed by atoms with Crippen LogP contribution in [-0.4, -0.2) is 27.4 Å². The van der Waals surface area contributed by atoms with E-state index in [1.165, 1.54) is 11.3 Å². The lowest BCUT2D eigenvalue weighted by Crippen LogP contribution is -2.14. The van der Waals surface area contributed by atoms with Gasteiger partial charge in [-0.1, -0.05) is 11.3 Å². The van der Waals surface area contributed by atoms with Crippen molar-refractivity contribution in [1.29, 1.82) is 0 Å². The molecule has 22 heavy (non-hydrogen) atoms. The topological polar surface area (TPSA) is 101 Å². The van der Waals surface area contributed by atoms with Crippen LogP contribution in [0.25, 0.3) is 5.76 Å². The van der Waals surface area contributed by atoms with Crippen LogP contribution >= 0.6 is 11.3 Å². The van der Waals surface area contributed by atoms with Crippen molar-refractivity contribution in [3.05, 3.63) is 40.0 Å². The smallest absolute Gasteiger partial charge is 0.204 e. The number of nitrogens with zero attached hydrogens (tertiary/aromatic N) is 2. The molecule has 0 saturated carbocycles. The molecule has 4 N–H and O–H groups in total. The van der Waals surface area contributed by atoms with E-state index in [1.54, 1.807) is 18.3 Å². The minimum absolute atomic E-state index is 0.0156. The van der Waals surface area contributed by atoms with Crippen LogP contribution in [-0.2, 0) is 6.42 Å².